The molecule has 1 amide bonds. The summed E-state index contributed by atoms with van der Waals surface area (Å²) in [5, 5.41) is 14.4. The molecular weight excluding hydrogens is 270 g/mol. The molecule has 2 heterocycles. The summed E-state index contributed by atoms with van der Waals surface area (Å²) in [7, 11) is 0. The van der Waals surface area contributed by atoms with E-state index in [0.29, 0.717) is 29.4 Å². The molecule has 0 spiro atoms. The van der Waals surface area contributed by atoms with Gasteiger partial charge >= 0.3 is 0 Å². The maximum absolute atomic E-state index is 12.5. The van der Waals surface area contributed by atoms with Crippen molar-refractivity contribution in [2.75, 3.05) is 26.2 Å². The Labute approximate surface area is 123 Å². The van der Waals surface area contributed by atoms with Gasteiger partial charge in [0.25, 0.3) is 11.6 Å². The van der Waals surface area contributed by atoms with Gasteiger partial charge in [-0.05, 0) is 24.3 Å². The molecule has 1 aromatic rings. The normalized spacial score (nSPS) is 24.1. The van der Waals surface area contributed by atoms with Crippen molar-refractivity contribution in [3.8, 4) is 0 Å². The standard InChI is InChI=1S/C15H19N3O3/c1-2-10-3-4-11(5-14(10)18(20)21)15(19)17-8-12-6-16-7-13(12)9-17/h3-5,12-13,16H,2,6-9H2,1H3/t12-,13+. The van der Waals surface area contributed by atoms with Gasteiger partial charge in [0.2, 0.25) is 0 Å². The number of nitro groups is 1. The first-order chi connectivity index (χ1) is 10.1. The van der Waals surface area contributed by atoms with Crippen molar-refractivity contribution < 1.29 is 9.72 Å². The van der Waals surface area contributed by atoms with Crippen LogP contribution in [0.2, 0.25) is 0 Å². The zero-order chi connectivity index (χ0) is 15.0. The topological polar surface area (TPSA) is 75.5 Å². The highest BCUT2D eigenvalue weighted by Gasteiger charge is 2.38. The van der Waals surface area contributed by atoms with Crippen LogP contribution in [0.5, 0.6) is 0 Å². The molecule has 0 aliphatic carbocycles. The monoisotopic (exact) mass is 289 g/mol. The Morgan fingerprint density at radius 2 is 2.05 bits per heavy atom. The number of nitro benzene ring substituents is 1. The van der Waals surface area contributed by atoms with E-state index >= 15 is 0 Å². The van der Waals surface area contributed by atoms with Crippen LogP contribution in [0.1, 0.15) is 22.8 Å². The predicted octanol–water partition coefficient (Wildman–Crippen LogP) is 1.45. The van der Waals surface area contributed by atoms with Gasteiger partial charge < -0.3 is 10.2 Å². The lowest BCUT2D eigenvalue weighted by Crippen LogP contribution is -2.31. The maximum Gasteiger partial charge on any atom is 0.273 e. The van der Waals surface area contributed by atoms with Gasteiger partial charge in [-0.2, -0.15) is 0 Å². The van der Waals surface area contributed by atoms with E-state index in [1.807, 2.05) is 11.8 Å². The van der Waals surface area contributed by atoms with Crippen molar-refractivity contribution in [3.63, 3.8) is 0 Å². The lowest BCUT2D eigenvalue weighted by atomic mass is 10.0. The quantitative estimate of drug-likeness (QED) is 0.675. The first-order valence-corrected chi connectivity index (χ1v) is 7.37. The fraction of sp³-hybridized carbons (Fsp3) is 0.533. The number of likely N-dealkylation sites (tertiary alicyclic amines) is 1. The molecule has 6 heteroatoms. The second kappa shape index (κ2) is 5.44. The van der Waals surface area contributed by atoms with Crippen LogP contribution in [0.4, 0.5) is 5.69 Å². The maximum atomic E-state index is 12.5. The molecule has 2 aliphatic rings. The van der Waals surface area contributed by atoms with Gasteiger partial charge in [0.15, 0.2) is 0 Å². The SMILES string of the molecule is CCc1ccc(C(=O)N2C[C@H]3CNC[C@H]3C2)cc1[N+](=O)[O-]. The summed E-state index contributed by atoms with van der Waals surface area (Å²) in [5.41, 5.74) is 1.13. The van der Waals surface area contributed by atoms with Crippen molar-refractivity contribution in [2.24, 2.45) is 11.8 Å². The van der Waals surface area contributed by atoms with E-state index in [4.69, 9.17) is 0 Å². The van der Waals surface area contributed by atoms with Gasteiger partial charge in [0, 0.05) is 43.4 Å². The van der Waals surface area contributed by atoms with Gasteiger partial charge in [0.1, 0.15) is 0 Å². The molecule has 21 heavy (non-hydrogen) atoms. The Kier molecular flexibility index (Phi) is 3.63. The molecule has 6 nitrogen and oxygen atoms in total. The molecule has 3 rings (SSSR count). The van der Waals surface area contributed by atoms with Crippen molar-refractivity contribution in [1.82, 2.24) is 10.2 Å². The zero-order valence-electron chi connectivity index (χ0n) is 12.0. The molecule has 2 fully saturated rings. The summed E-state index contributed by atoms with van der Waals surface area (Å²) in [6.45, 7) is 5.30. The highest BCUT2D eigenvalue weighted by atomic mass is 16.6. The Hall–Kier alpha value is -1.95. The van der Waals surface area contributed by atoms with Gasteiger partial charge in [-0.25, -0.2) is 0 Å². The van der Waals surface area contributed by atoms with Crippen LogP contribution < -0.4 is 5.32 Å². The third-order valence-electron chi connectivity index (χ3n) is 4.59. The van der Waals surface area contributed by atoms with Crippen LogP contribution in [0, 0.1) is 22.0 Å². The zero-order valence-corrected chi connectivity index (χ0v) is 12.0. The minimum absolute atomic E-state index is 0.0457. The average Bonchev–Trinajstić information content (AvgIpc) is 3.06. The molecule has 0 aromatic heterocycles. The Morgan fingerprint density at radius 1 is 1.38 bits per heavy atom. The first kappa shape index (κ1) is 14.0. The third kappa shape index (κ3) is 2.51. The number of nitrogens with one attached hydrogen (secondary N) is 1. The highest BCUT2D eigenvalue weighted by Crippen LogP contribution is 2.28. The molecule has 112 valence electrons. The molecule has 1 N–H and O–H groups in total. The number of hydrogen-bond acceptors (Lipinski definition) is 4. The molecule has 2 aliphatic heterocycles. The summed E-state index contributed by atoms with van der Waals surface area (Å²) < 4.78 is 0. The minimum atomic E-state index is -0.405. The summed E-state index contributed by atoms with van der Waals surface area (Å²) in [5.74, 6) is 0.966. The van der Waals surface area contributed by atoms with Crippen molar-refractivity contribution in [1.29, 1.82) is 0 Å². The summed E-state index contributed by atoms with van der Waals surface area (Å²) in [6, 6.07) is 4.83. The number of fused-ring (bicyclic) bond motifs is 1. The van der Waals surface area contributed by atoms with Gasteiger partial charge in [-0.1, -0.05) is 13.0 Å². The molecule has 0 unspecified atom stereocenters. The fourth-order valence-electron chi connectivity index (χ4n) is 3.37. The Bertz CT molecular complexity index is 576. The Balaban J connectivity index is 1.82. The summed E-state index contributed by atoms with van der Waals surface area (Å²) in [6.07, 6.45) is 0.588. The molecule has 0 bridgehead atoms. The number of hydrogen-bond donors (Lipinski definition) is 1. The van der Waals surface area contributed by atoms with Crippen molar-refractivity contribution >= 4 is 11.6 Å². The number of amides is 1. The van der Waals surface area contributed by atoms with Gasteiger partial charge in [-0.15, -0.1) is 0 Å². The number of rotatable bonds is 3. The molecular formula is C15H19N3O3. The largest absolute Gasteiger partial charge is 0.338 e. The second-order valence-electron chi connectivity index (χ2n) is 5.84. The predicted molar refractivity (Wildman–Crippen MR) is 78.2 cm³/mol. The summed E-state index contributed by atoms with van der Waals surface area (Å²) in [4.78, 5) is 25.1. The van der Waals surface area contributed by atoms with Crippen LogP contribution >= 0.6 is 0 Å². The second-order valence-corrected chi connectivity index (χ2v) is 5.84. The van der Waals surface area contributed by atoms with Crippen molar-refractivity contribution in [2.45, 2.75) is 13.3 Å². The van der Waals surface area contributed by atoms with E-state index in [0.717, 1.165) is 26.2 Å². The molecule has 2 atom stereocenters. The molecule has 2 saturated heterocycles. The lowest BCUT2D eigenvalue weighted by Gasteiger charge is -2.17. The van der Waals surface area contributed by atoms with E-state index in [-0.39, 0.29) is 11.6 Å². The first-order valence-electron chi connectivity index (χ1n) is 7.37. The van der Waals surface area contributed by atoms with Crippen LogP contribution in [-0.4, -0.2) is 41.9 Å². The molecule has 0 saturated carbocycles. The van der Waals surface area contributed by atoms with Gasteiger partial charge in [0.05, 0.1) is 4.92 Å². The number of carbonyl (C=O) groups excluding carboxylic acids is 1. The van der Waals surface area contributed by atoms with E-state index in [2.05, 4.69) is 5.32 Å². The third-order valence-corrected chi connectivity index (χ3v) is 4.59. The van der Waals surface area contributed by atoms with Crippen molar-refractivity contribution in [3.05, 3.63) is 39.4 Å². The number of nitrogens with zero attached hydrogens (tertiary/aromatic N) is 2. The van der Waals surface area contributed by atoms with Crippen LogP contribution in [0.25, 0.3) is 0 Å². The van der Waals surface area contributed by atoms with Crippen LogP contribution in [-0.2, 0) is 6.42 Å². The van der Waals surface area contributed by atoms with Gasteiger partial charge in [-0.3, -0.25) is 14.9 Å². The van der Waals surface area contributed by atoms with E-state index < -0.39 is 4.92 Å². The van der Waals surface area contributed by atoms with E-state index in [9.17, 15) is 14.9 Å². The molecule has 1 aromatic carbocycles. The average molecular weight is 289 g/mol. The van der Waals surface area contributed by atoms with E-state index in [1.54, 1.807) is 12.1 Å². The lowest BCUT2D eigenvalue weighted by molar-refractivity contribution is -0.385. The number of carbonyl (C=O) groups is 1. The smallest absolute Gasteiger partial charge is 0.273 e. The number of aryl methyl sites for hydroxylation is 1. The fourth-order valence-corrected chi connectivity index (χ4v) is 3.37. The summed E-state index contributed by atoms with van der Waals surface area (Å²) >= 11 is 0. The number of benzene rings is 1. The van der Waals surface area contributed by atoms with Crippen LogP contribution in [0.15, 0.2) is 18.2 Å². The minimum Gasteiger partial charge on any atom is -0.338 e. The molecule has 0 radical (unpaired) electrons. The van der Waals surface area contributed by atoms with Crippen LogP contribution in [0.3, 0.4) is 0 Å². The van der Waals surface area contributed by atoms with E-state index in [1.165, 1.54) is 6.07 Å². The Morgan fingerprint density at radius 3 is 2.62 bits per heavy atom. The highest BCUT2D eigenvalue weighted by molar-refractivity contribution is 5.95.